The lowest BCUT2D eigenvalue weighted by atomic mass is 9.79. The number of carbonyl (C=O) groups is 1. The number of nitrogens with zero attached hydrogens (tertiary/aromatic N) is 1. The minimum absolute atomic E-state index is 0.0724. The lowest BCUT2D eigenvalue weighted by molar-refractivity contribution is -0.162. The number of carbonyl (C=O) groups excluding carboxylic acids is 1. The van der Waals surface area contributed by atoms with Gasteiger partial charge in [-0.2, -0.15) is 0 Å². The second-order valence-corrected chi connectivity index (χ2v) is 11.0. The van der Waals surface area contributed by atoms with Gasteiger partial charge in [0.15, 0.2) is 0 Å². The van der Waals surface area contributed by atoms with E-state index in [9.17, 15) is 18.3 Å². The number of hydrogen-bond acceptors (Lipinski definition) is 4. The maximum Gasteiger partial charge on any atom is 0.283 e. The Bertz CT molecular complexity index is 1170. The van der Waals surface area contributed by atoms with E-state index in [0.29, 0.717) is 12.0 Å². The molecule has 0 aromatic heterocycles. The number of likely N-dealkylation sites (tertiary alicyclic amines) is 1. The number of benzene rings is 2. The van der Waals surface area contributed by atoms with Crippen molar-refractivity contribution in [3.05, 3.63) is 59.9 Å². The van der Waals surface area contributed by atoms with Crippen molar-refractivity contribution in [2.24, 2.45) is 0 Å². The maximum absolute atomic E-state index is 15.5. The van der Waals surface area contributed by atoms with E-state index in [1.54, 1.807) is 42.5 Å². The third-order valence-corrected chi connectivity index (χ3v) is 8.11. The summed E-state index contributed by atoms with van der Waals surface area (Å²) in [5.74, 6) is -5.53. The van der Waals surface area contributed by atoms with Crippen LogP contribution in [0.5, 0.6) is 0 Å². The van der Waals surface area contributed by atoms with Crippen LogP contribution in [0.25, 0.3) is 11.1 Å². The number of halogens is 3. The summed E-state index contributed by atoms with van der Waals surface area (Å²) in [5, 5.41) is 10.6. The van der Waals surface area contributed by atoms with E-state index in [4.69, 9.17) is 0 Å². The van der Waals surface area contributed by atoms with Crippen LogP contribution in [-0.2, 0) is 21.2 Å². The third kappa shape index (κ3) is 4.58. The fourth-order valence-electron chi connectivity index (χ4n) is 4.59. The minimum atomic E-state index is -4.06. The first kappa shape index (κ1) is 24.7. The minimum Gasteiger partial charge on any atom is -0.380 e. The van der Waals surface area contributed by atoms with E-state index in [2.05, 4.69) is 0 Å². The van der Waals surface area contributed by atoms with Gasteiger partial charge in [-0.1, -0.05) is 48.5 Å². The van der Waals surface area contributed by atoms with Crippen molar-refractivity contribution in [1.29, 1.82) is 0 Å². The molecule has 10 heteroatoms. The van der Waals surface area contributed by atoms with E-state index in [0.717, 1.165) is 4.90 Å². The highest BCUT2D eigenvalue weighted by atomic mass is 32.2. The van der Waals surface area contributed by atoms with Gasteiger partial charge in [0.1, 0.15) is 17.5 Å². The van der Waals surface area contributed by atoms with Crippen molar-refractivity contribution in [3.63, 3.8) is 0 Å². The topological polar surface area (TPSA) is 86.7 Å². The van der Waals surface area contributed by atoms with Gasteiger partial charge in [-0.05, 0) is 43.7 Å². The van der Waals surface area contributed by atoms with Crippen molar-refractivity contribution in [1.82, 2.24) is 9.62 Å². The third-order valence-electron chi connectivity index (χ3n) is 6.74. The molecule has 184 valence electrons. The standard InChI is InChI=1S/C24H27F3N2O4S/c1-2-34(32,33)28-21-19(29(15-24(21,26)27)22(30)23(31)12-7-13-23)14-17-10-6-11-18(20(17)25)16-8-4-3-5-9-16/h3-6,8-11,19,21,28,31H,2,7,12-15H2,1H3/t19-,21+/m0/s1. The summed E-state index contributed by atoms with van der Waals surface area (Å²) >= 11 is 0. The quantitative estimate of drug-likeness (QED) is 0.617. The molecule has 1 heterocycles. The summed E-state index contributed by atoms with van der Waals surface area (Å²) in [6, 6.07) is 9.95. The first-order chi connectivity index (χ1) is 16.0. The van der Waals surface area contributed by atoms with Crippen LogP contribution < -0.4 is 4.72 Å². The predicted octanol–water partition coefficient (Wildman–Crippen LogP) is 3.10. The molecule has 1 saturated carbocycles. The number of aliphatic hydroxyl groups is 1. The predicted molar refractivity (Wildman–Crippen MR) is 121 cm³/mol. The summed E-state index contributed by atoms with van der Waals surface area (Å²) < 4.78 is 72.2. The molecule has 2 N–H and O–H groups in total. The maximum atomic E-state index is 15.5. The highest BCUT2D eigenvalue weighted by Crippen LogP contribution is 2.41. The van der Waals surface area contributed by atoms with Crippen molar-refractivity contribution >= 4 is 15.9 Å². The first-order valence-corrected chi connectivity index (χ1v) is 12.9. The molecule has 2 aromatic carbocycles. The zero-order chi connectivity index (χ0) is 24.7. The van der Waals surface area contributed by atoms with Gasteiger partial charge in [0.2, 0.25) is 10.0 Å². The Hall–Kier alpha value is -2.43. The molecule has 2 aliphatic rings. The SMILES string of the molecule is CCS(=O)(=O)N[C@@H]1[C@H](Cc2cccc(-c3ccccc3)c2F)N(C(=O)C2(O)CCC2)CC1(F)F. The molecule has 1 aliphatic heterocycles. The average molecular weight is 497 g/mol. The Kier molecular flexibility index (Phi) is 6.52. The fraction of sp³-hybridized carbons (Fsp3) is 0.458. The smallest absolute Gasteiger partial charge is 0.283 e. The van der Waals surface area contributed by atoms with Crippen LogP contribution >= 0.6 is 0 Å². The highest BCUT2D eigenvalue weighted by Gasteiger charge is 2.60. The van der Waals surface area contributed by atoms with Gasteiger partial charge >= 0.3 is 0 Å². The molecule has 0 bridgehead atoms. The van der Waals surface area contributed by atoms with Crippen LogP contribution in [-0.4, -0.2) is 60.2 Å². The van der Waals surface area contributed by atoms with E-state index in [-0.39, 0.29) is 30.4 Å². The van der Waals surface area contributed by atoms with Crippen molar-refractivity contribution < 1.29 is 31.5 Å². The Morgan fingerprint density at radius 2 is 1.82 bits per heavy atom. The fourth-order valence-corrected chi connectivity index (χ4v) is 5.48. The van der Waals surface area contributed by atoms with Crippen LogP contribution in [0, 0.1) is 5.82 Å². The normalized spacial score (nSPS) is 23.5. The van der Waals surface area contributed by atoms with Crippen molar-refractivity contribution in [2.45, 2.75) is 56.2 Å². The molecule has 0 unspecified atom stereocenters. The van der Waals surface area contributed by atoms with Crippen LogP contribution in [0.15, 0.2) is 48.5 Å². The van der Waals surface area contributed by atoms with E-state index < -0.39 is 57.7 Å². The lowest BCUT2D eigenvalue weighted by Gasteiger charge is -2.40. The zero-order valence-corrected chi connectivity index (χ0v) is 19.5. The molecule has 2 atom stereocenters. The highest BCUT2D eigenvalue weighted by molar-refractivity contribution is 7.89. The number of hydrogen-bond donors (Lipinski definition) is 2. The summed E-state index contributed by atoms with van der Waals surface area (Å²) in [6.45, 7) is 0.253. The van der Waals surface area contributed by atoms with Crippen LogP contribution in [0.2, 0.25) is 0 Å². The molecule has 0 radical (unpaired) electrons. The van der Waals surface area contributed by atoms with Gasteiger partial charge in [0.25, 0.3) is 11.8 Å². The lowest BCUT2D eigenvalue weighted by Crippen LogP contribution is -2.57. The number of nitrogens with one attached hydrogen (secondary N) is 1. The van der Waals surface area contributed by atoms with Gasteiger partial charge in [-0.15, -0.1) is 0 Å². The second-order valence-electron chi connectivity index (χ2n) is 8.99. The van der Waals surface area contributed by atoms with Gasteiger partial charge in [0.05, 0.1) is 18.3 Å². The Morgan fingerprint density at radius 1 is 1.15 bits per heavy atom. The molecule has 2 aromatic rings. The molecule has 1 saturated heterocycles. The van der Waals surface area contributed by atoms with Gasteiger partial charge in [-0.3, -0.25) is 4.79 Å². The molecule has 2 fully saturated rings. The summed E-state index contributed by atoms with van der Waals surface area (Å²) in [4.78, 5) is 13.9. The van der Waals surface area contributed by atoms with Crippen LogP contribution in [0.4, 0.5) is 13.2 Å². The summed E-state index contributed by atoms with van der Waals surface area (Å²) in [5.41, 5.74) is -0.817. The largest absolute Gasteiger partial charge is 0.380 e. The molecular weight excluding hydrogens is 469 g/mol. The van der Waals surface area contributed by atoms with E-state index >= 15 is 13.2 Å². The van der Waals surface area contributed by atoms with Crippen molar-refractivity contribution in [3.8, 4) is 11.1 Å². The van der Waals surface area contributed by atoms with Crippen LogP contribution in [0.3, 0.4) is 0 Å². The number of alkyl halides is 2. The monoisotopic (exact) mass is 496 g/mol. The molecule has 1 aliphatic carbocycles. The van der Waals surface area contributed by atoms with Gasteiger partial charge in [-0.25, -0.2) is 26.3 Å². The van der Waals surface area contributed by atoms with Gasteiger partial charge in [0, 0.05) is 5.56 Å². The Balaban J connectivity index is 1.73. The average Bonchev–Trinajstić information content (AvgIpc) is 3.03. The zero-order valence-electron chi connectivity index (χ0n) is 18.7. The summed E-state index contributed by atoms with van der Waals surface area (Å²) in [7, 11) is -4.06. The number of rotatable bonds is 7. The van der Waals surface area contributed by atoms with Gasteiger partial charge < -0.3 is 10.0 Å². The second kappa shape index (κ2) is 8.98. The molecule has 1 amide bonds. The molecule has 4 rings (SSSR count). The molecular formula is C24H27F3N2O4S. The first-order valence-electron chi connectivity index (χ1n) is 11.2. The summed E-state index contributed by atoms with van der Waals surface area (Å²) in [6.07, 6.45) is 0.519. The molecule has 6 nitrogen and oxygen atoms in total. The van der Waals surface area contributed by atoms with E-state index in [1.807, 2.05) is 4.72 Å². The number of amides is 1. The Morgan fingerprint density at radius 3 is 2.41 bits per heavy atom. The molecule has 34 heavy (non-hydrogen) atoms. The Labute approximate surface area is 196 Å². The van der Waals surface area contributed by atoms with E-state index in [1.165, 1.54) is 13.0 Å². The van der Waals surface area contributed by atoms with Crippen molar-refractivity contribution in [2.75, 3.05) is 12.3 Å². The number of sulfonamides is 1. The van der Waals surface area contributed by atoms with Crippen LogP contribution in [0.1, 0.15) is 31.7 Å². The molecule has 0 spiro atoms.